The predicted molar refractivity (Wildman–Crippen MR) is 95.0 cm³/mol. The Bertz CT molecular complexity index is 842. The minimum Gasteiger partial charge on any atom is -0.352 e. The van der Waals surface area contributed by atoms with E-state index in [0.717, 1.165) is 42.3 Å². The molecule has 3 nitrogen and oxygen atoms in total. The minimum atomic E-state index is -0.211. The summed E-state index contributed by atoms with van der Waals surface area (Å²) >= 11 is 0. The lowest BCUT2D eigenvalue weighted by atomic mass is 9.86. The Hall–Kier alpha value is -2.49. The molecule has 0 atom stereocenters. The van der Waals surface area contributed by atoms with Crippen LogP contribution in [0.5, 0.6) is 0 Å². The molecule has 24 heavy (non-hydrogen) atoms. The van der Waals surface area contributed by atoms with Crippen molar-refractivity contribution in [3.63, 3.8) is 0 Å². The SMILES string of the molecule is Fc1c(C2CCCCC2)nc2ccccc2c1Nc1ccncc1. The molecule has 0 amide bonds. The quantitative estimate of drug-likeness (QED) is 0.686. The monoisotopic (exact) mass is 321 g/mol. The summed E-state index contributed by atoms with van der Waals surface area (Å²) in [5.74, 6) is 0.0127. The van der Waals surface area contributed by atoms with Crippen molar-refractivity contribution in [3.8, 4) is 0 Å². The van der Waals surface area contributed by atoms with Crippen LogP contribution in [-0.2, 0) is 0 Å². The van der Waals surface area contributed by atoms with E-state index in [1.807, 2.05) is 36.4 Å². The van der Waals surface area contributed by atoms with E-state index in [0.29, 0.717) is 11.4 Å². The number of halogens is 1. The second-order valence-electron chi connectivity index (χ2n) is 6.40. The normalized spacial score (nSPS) is 15.5. The Morgan fingerprint density at radius 1 is 0.958 bits per heavy atom. The van der Waals surface area contributed by atoms with Crippen molar-refractivity contribution in [1.29, 1.82) is 0 Å². The van der Waals surface area contributed by atoms with Gasteiger partial charge < -0.3 is 5.32 Å². The highest BCUT2D eigenvalue weighted by Gasteiger charge is 2.24. The van der Waals surface area contributed by atoms with Crippen molar-refractivity contribution in [3.05, 3.63) is 60.3 Å². The van der Waals surface area contributed by atoms with Gasteiger partial charge in [0.1, 0.15) is 0 Å². The number of aromatic nitrogens is 2. The Morgan fingerprint density at radius 3 is 2.50 bits per heavy atom. The van der Waals surface area contributed by atoms with E-state index in [1.165, 1.54) is 6.42 Å². The van der Waals surface area contributed by atoms with Gasteiger partial charge in [0.05, 0.1) is 16.9 Å². The molecule has 0 bridgehead atoms. The molecule has 1 N–H and O–H groups in total. The maximum absolute atomic E-state index is 15.3. The second kappa shape index (κ2) is 6.56. The fraction of sp³-hybridized carbons (Fsp3) is 0.300. The molecule has 1 aromatic carbocycles. The summed E-state index contributed by atoms with van der Waals surface area (Å²) in [5, 5.41) is 4.05. The molecule has 3 aromatic rings. The number of nitrogens with one attached hydrogen (secondary N) is 1. The van der Waals surface area contributed by atoms with Crippen LogP contribution < -0.4 is 5.32 Å². The van der Waals surface area contributed by atoms with Crippen molar-refractivity contribution >= 4 is 22.3 Å². The van der Waals surface area contributed by atoms with Crippen LogP contribution in [0.15, 0.2) is 48.8 Å². The van der Waals surface area contributed by atoms with Crippen LogP contribution in [0, 0.1) is 5.82 Å². The molecule has 1 saturated carbocycles. The average molecular weight is 321 g/mol. The number of hydrogen-bond donors (Lipinski definition) is 1. The fourth-order valence-electron chi connectivity index (χ4n) is 3.56. The fourth-order valence-corrected chi connectivity index (χ4v) is 3.56. The second-order valence-corrected chi connectivity index (χ2v) is 6.40. The molecule has 0 radical (unpaired) electrons. The Morgan fingerprint density at radius 2 is 1.71 bits per heavy atom. The van der Waals surface area contributed by atoms with Gasteiger partial charge in [0.15, 0.2) is 5.82 Å². The summed E-state index contributed by atoms with van der Waals surface area (Å²) in [6, 6.07) is 11.4. The molecular formula is C20H20FN3. The highest BCUT2D eigenvalue weighted by Crippen LogP contribution is 2.38. The van der Waals surface area contributed by atoms with E-state index in [4.69, 9.17) is 0 Å². The maximum Gasteiger partial charge on any atom is 0.169 e. The molecule has 2 aromatic heterocycles. The first-order chi connectivity index (χ1) is 11.8. The standard InChI is InChI=1S/C20H20FN3/c21-18-19(14-6-2-1-3-7-14)24-17-9-5-4-8-16(17)20(18)23-15-10-12-22-13-11-15/h4-5,8-14H,1-3,6-7H2,(H,22,23,24). The Labute approximate surface area is 141 Å². The summed E-state index contributed by atoms with van der Waals surface area (Å²) < 4.78 is 15.3. The van der Waals surface area contributed by atoms with Crippen LogP contribution in [-0.4, -0.2) is 9.97 Å². The number of nitrogens with zero attached hydrogens (tertiary/aromatic N) is 2. The summed E-state index contributed by atoms with van der Waals surface area (Å²) in [7, 11) is 0. The first kappa shape index (κ1) is 15.1. The molecule has 0 unspecified atom stereocenters. The van der Waals surface area contributed by atoms with Crippen molar-refractivity contribution < 1.29 is 4.39 Å². The minimum absolute atomic E-state index is 0.211. The van der Waals surface area contributed by atoms with Gasteiger partial charge in [0.25, 0.3) is 0 Å². The van der Waals surface area contributed by atoms with Gasteiger partial charge in [-0.15, -0.1) is 0 Å². The number of para-hydroxylation sites is 1. The summed E-state index contributed by atoms with van der Waals surface area (Å²) in [5.41, 5.74) is 2.81. The molecule has 0 spiro atoms. The van der Waals surface area contributed by atoms with Crippen molar-refractivity contribution in [1.82, 2.24) is 9.97 Å². The van der Waals surface area contributed by atoms with Gasteiger partial charge in [-0.2, -0.15) is 0 Å². The molecule has 0 saturated heterocycles. The molecular weight excluding hydrogens is 301 g/mol. The van der Waals surface area contributed by atoms with E-state index in [9.17, 15) is 0 Å². The van der Waals surface area contributed by atoms with E-state index in [-0.39, 0.29) is 11.7 Å². The van der Waals surface area contributed by atoms with Crippen molar-refractivity contribution in [2.24, 2.45) is 0 Å². The molecule has 4 heteroatoms. The van der Waals surface area contributed by atoms with Gasteiger partial charge in [0.2, 0.25) is 0 Å². The number of hydrogen-bond acceptors (Lipinski definition) is 3. The lowest BCUT2D eigenvalue weighted by Gasteiger charge is -2.23. The summed E-state index contributed by atoms with van der Waals surface area (Å²) in [6.07, 6.45) is 9.01. The van der Waals surface area contributed by atoms with Crippen LogP contribution in [0.25, 0.3) is 10.9 Å². The zero-order valence-corrected chi connectivity index (χ0v) is 13.5. The van der Waals surface area contributed by atoms with E-state index in [2.05, 4.69) is 15.3 Å². The van der Waals surface area contributed by atoms with Crippen LogP contribution in [0.2, 0.25) is 0 Å². The van der Waals surface area contributed by atoms with Crippen LogP contribution in [0.4, 0.5) is 15.8 Å². The molecule has 1 aliphatic rings. The lowest BCUT2D eigenvalue weighted by molar-refractivity contribution is 0.422. The number of pyridine rings is 2. The van der Waals surface area contributed by atoms with Crippen LogP contribution >= 0.6 is 0 Å². The lowest BCUT2D eigenvalue weighted by Crippen LogP contribution is -2.11. The van der Waals surface area contributed by atoms with Crippen LogP contribution in [0.1, 0.15) is 43.7 Å². The summed E-state index contributed by atoms with van der Waals surface area (Å²) in [4.78, 5) is 8.69. The third-order valence-electron chi connectivity index (χ3n) is 4.80. The highest BCUT2D eigenvalue weighted by molar-refractivity contribution is 5.93. The third-order valence-corrected chi connectivity index (χ3v) is 4.80. The zero-order valence-electron chi connectivity index (χ0n) is 13.5. The highest BCUT2D eigenvalue weighted by atomic mass is 19.1. The van der Waals surface area contributed by atoms with Gasteiger partial charge >= 0.3 is 0 Å². The topological polar surface area (TPSA) is 37.8 Å². The molecule has 1 aliphatic carbocycles. The summed E-state index contributed by atoms with van der Waals surface area (Å²) in [6.45, 7) is 0. The zero-order chi connectivity index (χ0) is 16.4. The number of benzene rings is 1. The van der Waals surface area contributed by atoms with E-state index < -0.39 is 0 Å². The smallest absolute Gasteiger partial charge is 0.169 e. The Balaban J connectivity index is 1.84. The first-order valence-electron chi connectivity index (χ1n) is 8.58. The molecule has 1 fully saturated rings. The molecule has 2 heterocycles. The van der Waals surface area contributed by atoms with Gasteiger partial charge in [-0.25, -0.2) is 9.37 Å². The van der Waals surface area contributed by atoms with Gasteiger partial charge in [-0.3, -0.25) is 4.98 Å². The Kier molecular flexibility index (Phi) is 4.11. The largest absolute Gasteiger partial charge is 0.352 e. The number of fused-ring (bicyclic) bond motifs is 1. The van der Waals surface area contributed by atoms with Gasteiger partial charge in [0, 0.05) is 29.4 Å². The predicted octanol–water partition coefficient (Wildman–Crippen LogP) is 5.56. The average Bonchev–Trinajstić information content (AvgIpc) is 2.65. The van der Waals surface area contributed by atoms with Crippen LogP contribution in [0.3, 0.4) is 0 Å². The first-order valence-corrected chi connectivity index (χ1v) is 8.58. The van der Waals surface area contributed by atoms with Crippen molar-refractivity contribution in [2.75, 3.05) is 5.32 Å². The van der Waals surface area contributed by atoms with Gasteiger partial charge in [-0.05, 0) is 31.0 Å². The number of anilines is 2. The van der Waals surface area contributed by atoms with E-state index >= 15 is 4.39 Å². The van der Waals surface area contributed by atoms with E-state index in [1.54, 1.807) is 12.4 Å². The third kappa shape index (κ3) is 2.84. The van der Waals surface area contributed by atoms with Crippen molar-refractivity contribution in [2.45, 2.75) is 38.0 Å². The molecule has 0 aliphatic heterocycles. The van der Waals surface area contributed by atoms with Gasteiger partial charge in [-0.1, -0.05) is 37.5 Å². The number of rotatable bonds is 3. The molecule has 4 rings (SSSR count). The maximum atomic E-state index is 15.3. The molecule has 122 valence electrons.